The van der Waals surface area contributed by atoms with Crippen molar-refractivity contribution >= 4 is 16.3 Å². The Bertz CT molecular complexity index is 999. The molecule has 0 aliphatic rings. The second-order valence-corrected chi connectivity index (χ2v) is 9.98. The molecule has 0 aromatic heterocycles. The van der Waals surface area contributed by atoms with Crippen LogP contribution in [0.5, 0.6) is 0 Å². The average molecular weight is 461 g/mol. The van der Waals surface area contributed by atoms with Gasteiger partial charge in [-0.1, -0.05) is 69.3 Å². The summed E-state index contributed by atoms with van der Waals surface area (Å²) in [5.74, 6) is -2.18. The van der Waals surface area contributed by atoms with E-state index in [1.165, 1.54) is 0 Å². The number of carbonyl (C=O) groups is 1. The minimum Gasteiger partial charge on any atom is -0.395 e. The van der Waals surface area contributed by atoms with Gasteiger partial charge in [-0.25, -0.2) is 4.79 Å². The zero-order chi connectivity index (χ0) is 23.4. The molecule has 0 amide bonds. The molecule has 0 fully saturated rings. The number of hydrogen-bond donors (Lipinski definition) is 0. The largest absolute Gasteiger partial charge is 0.491 e. The molecule has 170 valence electrons. The minimum atomic E-state index is -5.11. The van der Waals surface area contributed by atoms with Crippen LogP contribution in [0.25, 0.3) is 0 Å². The van der Waals surface area contributed by atoms with Gasteiger partial charge in [-0.15, -0.1) is 0 Å². The highest BCUT2D eigenvalue weighted by Crippen LogP contribution is 2.71. The van der Waals surface area contributed by atoms with E-state index in [0.29, 0.717) is 27.5 Å². The minimum absolute atomic E-state index is 0.553. The molecule has 0 aliphatic carbocycles. The van der Waals surface area contributed by atoms with Crippen LogP contribution in [-0.2, 0) is 28.2 Å². The molecule has 0 heterocycles. The van der Waals surface area contributed by atoms with Crippen LogP contribution in [0.4, 0.5) is 13.2 Å². The van der Waals surface area contributed by atoms with Crippen LogP contribution >= 0.6 is 10.3 Å². The molecule has 0 spiro atoms. The summed E-state index contributed by atoms with van der Waals surface area (Å²) in [5.41, 5.74) is 2.91. The molecular weight excluding hydrogens is 433 g/mol. The lowest BCUT2D eigenvalue weighted by molar-refractivity contribution is -0.188. The molecule has 0 atom stereocenters. The van der Waals surface area contributed by atoms with Crippen molar-refractivity contribution in [1.82, 2.24) is 0 Å². The number of hydrogen-bond acceptors (Lipinski definition) is 2. The van der Waals surface area contributed by atoms with Crippen molar-refractivity contribution in [2.75, 3.05) is 0 Å². The molecule has 0 aliphatic heterocycles. The molecule has 6 heteroatoms. The van der Waals surface area contributed by atoms with Crippen LogP contribution < -0.4 is 0 Å². The van der Waals surface area contributed by atoms with Crippen LogP contribution in [0.2, 0.25) is 0 Å². The van der Waals surface area contributed by atoms with Crippen molar-refractivity contribution in [2.45, 2.75) is 60.9 Å². The second kappa shape index (κ2) is 9.82. The first-order chi connectivity index (χ1) is 15.3. The fourth-order valence-corrected chi connectivity index (χ4v) is 7.39. The Morgan fingerprint density at radius 1 is 0.781 bits per heavy atom. The predicted molar refractivity (Wildman–Crippen MR) is 122 cm³/mol. The van der Waals surface area contributed by atoms with E-state index in [4.69, 9.17) is 4.18 Å². The van der Waals surface area contributed by atoms with Crippen LogP contribution in [0.3, 0.4) is 0 Å². The Morgan fingerprint density at radius 2 is 1.22 bits per heavy atom. The zero-order valence-corrected chi connectivity index (χ0v) is 19.2. The van der Waals surface area contributed by atoms with Crippen molar-refractivity contribution in [2.24, 2.45) is 0 Å². The van der Waals surface area contributed by atoms with Gasteiger partial charge in [0.1, 0.15) is 0 Å². The summed E-state index contributed by atoms with van der Waals surface area (Å²) in [5, 5.41) is 0. The Morgan fingerprint density at radius 3 is 1.56 bits per heavy atom. The normalized spacial score (nSPS) is 12.4. The zero-order valence-electron chi connectivity index (χ0n) is 18.4. The second-order valence-electron chi connectivity index (χ2n) is 7.35. The molecule has 3 aromatic carbocycles. The van der Waals surface area contributed by atoms with Gasteiger partial charge in [-0.2, -0.15) is 13.2 Å². The van der Waals surface area contributed by atoms with Crippen molar-refractivity contribution in [3.63, 3.8) is 0 Å². The lowest BCUT2D eigenvalue weighted by Gasteiger charge is -2.42. The molecule has 32 heavy (non-hydrogen) atoms. The van der Waals surface area contributed by atoms with Gasteiger partial charge in [-0.05, 0) is 70.5 Å². The van der Waals surface area contributed by atoms with E-state index in [1.807, 2.05) is 32.9 Å². The summed E-state index contributed by atoms with van der Waals surface area (Å²) in [6.07, 6.45) is -3.09. The lowest BCUT2D eigenvalue weighted by atomic mass is 10.0. The van der Waals surface area contributed by atoms with E-state index in [-0.39, 0.29) is 0 Å². The fraction of sp³-hybridized carbons (Fsp3) is 0.269. The molecule has 0 saturated carbocycles. The molecule has 2 nitrogen and oxygen atoms in total. The SMILES string of the molecule is CCc1cc(CC)c(S(OC(=O)C(F)(F)F)(c2ccccc2)c2ccccc2)c(CC)c1. The van der Waals surface area contributed by atoms with Gasteiger partial charge in [0.05, 0.1) is 0 Å². The summed E-state index contributed by atoms with van der Waals surface area (Å²) in [4.78, 5) is 14.2. The van der Waals surface area contributed by atoms with Gasteiger partial charge >= 0.3 is 12.1 Å². The van der Waals surface area contributed by atoms with Crippen LogP contribution in [0.15, 0.2) is 87.5 Å². The monoisotopic (exact) mass is 460 g/mol. The van der Waals surface area contributed by atoms with Gasteiger partial charge < -0.3 is 4.18 Å². The number of aryl methyl sites for hydroxylation is 3. The number of carbonyl (C=O) groups excluding carboxylic acids is 1. The molecule has 0 radical (unpaired) electrons. The third-order valence-electron chi connectivity index (χ3n) is 5.34. The predicted octanol–water partition coefficient (Wildman–Crippen LogP) is 7.68. The Hall–Kier alpha value is -2.73. The summed E-state index contributed by atoms with van der Waals surface area (Å²) < 4.78 is 46.3. The van der Waals surface area contributed by atoms with E-state index in [2.05, 4.69) is 0 Å². The first-order valence-corrected chi connectivity index (χ1v) is 12.2. The Balaban J connectivity index is 2.49. The standard InChI is InChI=1S/C26H27F3O2S/c1-4-19-17-20(5-2)24(21(6-3)18-19)32(22-13-9-7-10-14-22,23-15-11-8-12-16-23)31-25(30)26(27,28)29/h7-18H,4-6H2,1-3H3. The highest BCUT2D eigenvalue weighted by atomic mass is 32.3. The van der Waals surface area contributed by atoms with E-state index in [0.717, 1.165) is 23.1 Å². The number of halogens is 3. The first-order valence-electron chi connectivity index (χ1n) is 10.7. The number of alkyl halides is 3. The van der Waals surface area contributed by atoms with E-state index in [9.17, 15) is 18.0 Å². The molecule has 3 aromatic rings. The Labute approximate surface area is 189 Å². The van der Waals surface area contributed by atoms with Crippen molar-refractivity contribution < 1.29 is 22.1 Å². The third kappa shape index (κ3) is 4.56. The highest BCUT2D eigenvalue weighted by Gasteiger charge is 2.48. The Kier molecular flexibility index (Phi) is 7.34. The summed E-state index contributed by atoms with van der Waals surface area (Å²) in [6, 6.07) is 21.7. The lowest BCUT2D eigenvalue weighted by Crippen LogP contribution is -2.28. The smallest absolute Gasteiger partial charge is 0.395 e. The van der Waals surface area contributed by atoms with Crippen LogP contribution in [0.1, 0.15) is 37.5 Å². The van der Waals surface area contributed by atoms with E-state index >= 15 is 0 Å². The summed E-state index contributed by atoms with van der Waals surface area (Å²) in [6.45, 7) is 6.00. The van der Waals surface area contributed by atoms with E-state index in [1.54, 1.807) is 60.7 Å². The molecular formula is C26H27F3O2S. The quantitative estimate of drug-likeness (QED) is 0.361. The maximum Gasteiger partial charge on any atom is 0.491 e. The molecule has 3 rings (SSSR count). The molecule has 0 bridgehead atoms. The van der Waals surface area contributed by atoms with Crippen LogP contribution in [0, 0.1) is 0 Å². The number of rotatable bonds is 7. The number of benzene rings is 3. The van der Waals surface area contributed by atoms with Gasteiger partial charge in [-0.3, -0.25) is 0 Å². The molecule has 0 saturated heterocycles. The summed E-state index contributed by atoms with van der Waals surface area (Å²) in [7, 11) is -3.00. The molecule has 0 unspecified atom stereocenters. The van der Waals surface area contributed by atoms with Gasteiger partial charge in [0.2, 0.25) is 0 Å². The topological polar surface area (TPSA) is 26.3 Å². The maximum atomic E-state index is 13.5. The van der Waals surface area contributed by atoms with Gasteiger partial charge in [0.25, 0.3) is 0 Å². The van der Waals surface area contributed by atoms with Crippen molar-refractivity contribution in [3.05, 3.63) is 89.5 Å². The fourth-order valence-electron chi connectivity index (χ4n) is 3.82. The van der Waals surface area contributed by atoms with Crippen molar-refractivity contribution in [1.29, 1.82) is 0 Å². The molecule has 0 N–H and O–H groups in total. The average Bonchev–Trinajstić information content (AvgIpc) is 2.82. The van der Waals surface area contributed by atoms with Crippen molar-refractivity contribution in [3.8, 4) is 0 Å². The third-order valence-corrected chi connectivity index (χ3v) is 8.72. The van der Waals surface area contributed by atoms with Gasteiger partial charge in [0.15, 0.2) is 0 Å². The highest BCUT2D eigenvalue weighted by molar-refractivity contribution is 8.30. The maximum absolute atomic E-state index is 13.5. The van der Waals surface area contributed by atoms with E-state index < -0.39 is 22.5 Å². The van der Waals surface area contributed by atoms with Gasteiger partial charge in [0, 0.05) is 14.7 Å². The summed E-state index contributed by atoms with van der Waals surface area (Å²) >= 11 is 0. The van der Waals surface area contributed by atoms with Crippen LogP contribution in [-0.4, -0.2) is 12.1 Å². The first kappa shape index (κ1) is 23.9.